The average molecular weight is 275 g/mol. The van der Waals surface area contributed by atoms with Crippen LogP contribution < -0.4 is 10.6 Å². The molecule has 1 aromatic rings. The van der Waals surface area contributed by atoms with Crippen molar-refractivity contribution in [1.82, 2.24) is 4.98 Å². The van der Waals surface area contributed by atoms with Gasteiger partial charge in [0, 0.05) is 24.0 Å². The van der Waals surface area contributed by atoms with Gasteiger partial charge in [-0.3, -0.25) is 0 Å². The van der Waals surface area contributed by atoms with Crippen LogP contribution in [-0.2, 0) is 9.84 Å². The molecule has 0 aliphatic carbocycles. The van der Waals surface area contributed by atoms with E-state index >= 15 is 0 Å². The van der Waals surface area contributed by atoms with Gasteiger partial charge in [-0.05, 0) is 13.8 Å². The van der Waals surface area contributed by atoms with Crippen molar-refractivity contribution in [3.63, 3.8) is 0 Å². The maximum Gasteiger partial charge on any atom is 0.185 e. The van der Waals surface area contributed by atoms with E-state index in [9.17, 15) is 8.42 Å². The van der Waals surface area contributed by atoms with Gasteiger partial charge in [0.1, 0.15) is 0 Å². The highest BCUT2D eigenvalue weighted by molar-refractivity contribution is 7.91. The number of nitrogens with zero attached hydrogens (tertiary/aromatic N) is 2. The molecule has 0 spiro atoms. The first kappa shape index (κ1) is 12.8. The van der Waals surface area contributed by atoms with E-state index < -0.39 is 9.84 Å². The molecule has 1 aliphatic heterocycles. The van der Waals surface area contributed by atoms with Gasteiger partial charge in [-0.15, -0.1) is 11.3 Å². The topological polar surface area (TPSA) is 76.3 Å². The SMILES string of the molecule is Cc1nc(N2CCS(=O)(=O)CC2)sc1C(C)N. The van der Waals surface area contributed by atoms with Crippen LogP contribution in [0.15, 0.2) is 0 Å². The van der Waals surface area contributed by atoms with Crippen molar-refractivity contribution in [2.75, 3.05) is 29.5 Å². The highest BCUT2D eigenvalue weighted by Crippen LogP contribution is 2.30. The Morgan fingerprint density at radius 2 is 2.00 bits per heavy atom. The van der Waals surface area contributed by atoms with Crippen LogP contribution in [0.25, 0.3) is 0 Å². The number of aromatic nitrogens is 1. The first-order valence-corrected chi connectivity index (χ1v) is 8.21. The highest BCUT2D eigenvalue weighted by Gasteiger charge is 2.24. The molecule has 1 aromatic heterocycles. The fraction of sp³-hybridized carbons (Fsp3) is 0.700. The van der Waals surface area contributed by atoms with E-state index in [1.165, 1.54) is 0 Å². The minimum atomic E-state index is -2.83. The summed E-state index contributed by atoms with van der Waals surface area (Å²) in [4.78, 5) is 7.58. The number of nitrogens with two attached hydrogens (primary N) is 1. The maximum atomic E-state index is 11.3. The number of sulfone groups is 1. The molecular formula is C10H17N3O2S2. The lowest BCUT2D eigenvalue weighted by molar-refractivity contribution is 0.586. The molecule has 0 amide bonds. The van der Waals surface area contributed by atoms with E-state index in [1.54, 1.807) is 11.3 Å². The summed E-state index contributed by atoms with van der Waals surface area (Å²) in [7, 11) is -2.83. The summed E-state index contributed by atoms with van der Waals surface area (Å²) in [6.45, 7) is 4.95. The minimum absolute atomic E-state index is 0.0187. The Kier molecular flexibility index (Phi) is 3.42. The molecule has 5 nitrogen and oxygen atoms in total. The molecule has 0 radical (unpaired) electrons. The third-order valence-electron chi connectivity index (χ3n) is 2.85. The second kappa shape index (κ2) is 4.55. The van der Waals surface area contributed by atoms with Crippen LogP contribution >= 0.6 is 11.3 Å². The number of aryl methyl sites for hydroxylation is 1. The van der Waals surface area contributed by atoms with Crippen LogP contribution in [0.4, 0.5) is 5.13 Å². The smallest absolute Gasteiger partial charge is 0.185 e. The zero-order valence-electron chi connectivity index (χ0n) is 10.0. The highest BCUT2D eigenvalue weighted by atomic mass is 32.2. The molecule has 0 aromatic carbocycles. The number of anilines is 1. The van der Waals surface area contributed by atoms with Gasteiger partial charge in [0.15, 0.2) is 15.0 Å². The van der Waals surface area contributed by atoms with Crippen molar-refractivity contribution < 1.29 is 8.42 Å². The number of thiazole rings is 1. The summed E-state index contributed by atoms with van der Waals surface area (Å²) in [5, 5.41) is 0.893. The minimum Gasteiger partial charge on any atom is -0.346 e. The van der Waals surface area contributed by atoms with Crippen LogP contribution in [0.1, 0.15) is 23.5 Å². The van der Waals surface area contributed by atoms with Gasteiger partial charge < -0.3 is 10.6 Å². The van der Waals surface area contributed by atoms with Crippen LogP contribution in [0.5, 0.6) is 0 Å². The zero-order chi connectivity index (χ0) is 12.6. The molecule has 7 heteroatoms. The largest absolute Gasteiger partial charge is 0.346 e. The third-order valence-corrected chi connectivity index (χ3v) is 5.88. The van der Waals surface area contributed by atoms with Crippen molar-refractivity contribution >= 4 is 26.3 Å². The van der Waals surface area contributed by atoms with Crippen LogP contribution in [0, 0.1) is 6.92 Å². The van der Waals surface area contributed by atoms with E-state index in [4.69, 9.17) is 5.73 Å². The Labute approximate surface area is 106 Å². The second-order valence-corrected chi connectivity index (χ2v) is 7.69. The molecule has 2 heterocycles. The van der Waals surface area contributed by atoms with Crippen LogP contribution in [0.3, 0.4) is 0 Å². The van der Waals surface area contributed by atoms with E-state index in [0.717, 1.165) is 15.7 Å². The van der Waals surface area contributed by atoms with Crippen molar-refractivity contribution in [3.8, 4) is 0 Å². The molecule has 1 aliphatic rings. The Hall–Kier alpha value is -0.660. The molecule has 2 N–H and O–H groups in total. The normalized spacial score (nSPS) is 21.5. The Balaban J connectivity index is 2.16. The van der Waals surface area contributed by atoms with Crippen molar-refractivity contribution in [1.29, 1.82) is 0 Å². The first-order valence-electron chi connectivity index (χ1n) is 5.57. The molecule has 1 atom stereocenters. The van der Waals surface area contributed by atoms with E-state index in [1.807, 2.05) is 18.7 Å². The lowest BCUT2D eigenvalue weighted by Gasteiger charge is -2.25. The predicted octanol–water partition coefficient (Wildman–Crippen LogP) is 0.706. The lowest BCUT2D eigenvalue weighted by Crippen LogP contribution is -2.40. The molecule has 0 bridgehead atoms. The van der Waals surface area contributed by atoms with E-state index in [-0.39, 0.29) is 17.5 Å². The lowest BCUT2D eigenvalue weighted by atomic mass is 10.2. The monoisotopic (exact) mass is 275 g/mol. The van der Waals surface area contributed by atoms with Gasteiger partial charge in [-0.2, -0.15) is 0 Å². The van der Waals surface area contributed by atoms with Crippen LogP contribution in [0.2, 0.25) is 0 Å². The fourth-order valence-electron chi connectivity index (χ4n) is 1.85. The molecule has 17 heavy (non-hydrogen) atoms. The van der Waals surface area contributed by atoms with Crippen molar-refractivity contribution in [3.05, 3.63) is 10.6 Å². The molecule has 96 valence electrons. The number of rotatable bonds is 2. The molecule has 1 fully saturated rings. The third kappa shape index (κ3) is 2.78. The van der Waals surface area contributed by atoms with Gasteiger partial charge in [-0.25, -0.2) is 13.4 Å². The maximum absolute atomic E-state index is 11.3. The molecule has 1 unspecified atom stereocenters. The summed E-state index contributed by atoms with van der Waals surface area (Å²) in [5.41, 5.74) is 6.81. The summed E-state index contributed by atoms with van der Waals surface area (Å²) < 4.78 is 22.7. The number of hydrogen-bond donors (Lipinski definition) is 1. The Morgan fingerprint density at radius 3 is 2.47 bits per heavy atom. The Bertz CT molecular complexity index is 494. The number of hydrogen-bond acceptors (Lipinski definition) is 6. The van der Waals surface area contributed by atoms with Gasteiger partial charge >= 0.3 is 0 Å². The predicted molar refractivity (Wildman–Crippen MR) is 70.3 cm³/mol. The molecule has 0 saturated carbocycles. The summed E-state index contributed by atoms with van der Waals surface area (Å²) in [5.74, 6) is 0.443. The summed E-state index contributed by atoms with van der Waals surface area (Å²) in [6, 6.07) is -0.0187. The van der Waals surface area contributed by atoms with Gasteiger partial charge in [0.2, 0.25) is 0 Å². The standard InChI is InChI=1S/C10H17N3O2S2/c1-7(11)9-8(2)12-10(16-9)13-3-5-17(14,15)6-4-13/h7H,3-6,11H2,1-2H3. The van der Waals surface area contributed by atoms with Crippen molar-refractivity contribution in [2.24, 2.45) is 5.73 Å². The molecule has 2 rings (SSSR count). The summed E-state index contributed by atoms with van der Waals surface area (Å²) >= 11 is 1.57. The van der Waals surface area contributed by atoms with E-state index in [0.29, 0.717) is 13.1 Å². The molecule has 1 saturated heterocycles. The van der Waals surface area contributed by atoms with Gasteiger partial charge in [0.05, 0.1) is 17.2 Å². The van der Waals surface area contributed by atoms with Gasteiger partial charge in [0.25, 0.3) is 0 Å². The van der Waals surface area contributed by atoms with Crippen molar-refractivity contribution in [2.45, 2.75) is 19.9 Å². The fourth-order valence-corrected chi connectivity index (χ4v) is 4.13. The van der Waals surface area contributed by atoms with Crippen LogP contribution in [-0.4, -0.2) is 38.0 Å². The quantitative estimate of drug-likeness (QED) is 0.860. The summed E-state index contributed by atoms with van der Waals surface area (Å²) in [6.07, 6.45) is 0. The Morgan fingerprint density at radius 1 is 1.41 bits per heavy atom. The average Bonchev–Trinajstić information content (AvgIpc) is 2.60. The first-order chi connectivity index (χ1) is 7.89. The second-order valence-electron chi connectivity index (χ2n) is 4.37. The van der Waals surface area contributed by atoms with Gasteiger partial charge in [-0.1, -0.05) is 0 Å². The molecular weight excluding hydrogens is 258 g/mol. The van der Waals surface area contributed by atoms with E-state index in [2.05, 4.69) is 4.98 Å². The zero-order valence-corrected chi connectivity index (χ0v) is 11.6.